The second-order valence-corrected chi connectivity index (χ2v) is 16.5. The molecule has 2 atom stereocenters. The van der Waals surface area contributed by atoms with Crippen LogP contribution >= 0.6 is 12.2 Å². The molecule has 0 aliphatic carbocycles. The van der Waals surface area contributed by atoms with Crippen LogP contribution in [0.2, 0.25) is 18.1 Å². The van der Waals surface area contributed by atoms with Crippen molar-refractivity contribution in [2.24, 2.45) is 0 Å². The average Bonchev–Trinajstić information content (AvgIpc) is 2.81. The molecule has 0 spiro atoms. The Morgan fingerprint density at radius 1 is 1.00 bits per heavy atom. The Morgan fingerprint density at radius 2 is 1.49 bits per heavy atom. The van der Waals surface area contributed by atoms with E-state index in [0.717, 1.165) is 0 Å². The first-order valence-corrected chi connectivity index (χ1v) is 15.8. The van der Waals surface area contributed by atoms with Crippen molar-refractivity contribution in [3.05, 3.63) is 69.3 Å². The topological polar surface area (TPSA) is 79.7 Å². The zero-order chi connectivity index (χ0) is 31.6. The average molecular weight is 625 g/mol. The Bertz CT molecular complexity index is 1200. The van der Waals surface area contributed by atoms with Crippen molar-refractivity contribution in [1.82, 2.24) is 10.2 Å². The smallest absolute Gasteiger partial charge is 0.415 e. The van der Waals surface area contributed by atoms with Crippen LogP contribution in [0, 0.1) is 10.1 Å². The molecule has 228 valence electrons. The number of nitro benzene ring substituents is 1. The number of alkyl halides is 6. The zero-order valence-corrected chi connectivity index (χ0v) is 25.5. The molecule has 2 rings (SSSR count). The molecule has 0 bridgehead atoms. The molecule has 0 heterocycles. The molecule has 2 aromatic rings. The van der Waals surface area contributed by atoms with Gasteiger partial charge in [-0.15, -0.1) is 0 Å². The van der Waals surface area contributed by atoms with E-state index in [1.165, 1.54) is 24.3 Å². The van der Waals surface area contributed by atoms with Crippen LogP contribution < -0.4 is 10.6 Å². The minimum Gasteiger partial charge on any atom is -0.415 e. The summed E-state index contributed by atoms with van der Waals surface area (Å²) in [6.07, 6.45) is -10.0. The van der Waals surface area contributed by atoms with E-state index < -0.39 is 54.5 Å². The van der Waals surface area contributed by atoms with Gasteiger partial charge in [-0.1, -0.05) is 32.9 Å². The summed E-state index contributed by atoms with van der Waals surface area (Å²) in [5.74, 6) is 0. The van der Waals surface area contributed by atoms with Gasteiger partial charge in [-0.05, 0) is 68.2 Å². The van der Waals surface area contributed by atoms with Gasteiger partial charge >= 0.3 is 12.4 Å². The number of non-ortho nitro benzene ring substituents is 1. The fraction of sp³-hybridized carbons (Fsp3) is 0.500. The highest BCUT2D eigenvalue weighted by Crippen LogP contribution is 2.39. The molecule has 0 fully saturated rings. The summed E-state index contributed by atoms with van der Waals surface area (Å²) in [7, 11) is 1.31. The van der Waals surface area contributed by atoms with E-state index in [0.29, 0.717) is 17.7 Å². The number of likely N-dealkylation sites (N-methyl/N-ethyl adjacent to an activating group) is 1. The fourth-order valence-electron chi connectivity index (χ4n) is 3.59. The van der Waals surface area contributed by atoms with Gasteiger partial charge in [0.25, 0.3) is 5.69 Å². The van der Waals surface area contributed by atoms with Crippen molar-refractivity contribution >= 4 is 37.0 Å². The van der Waals surface area contributed by atoms with Crippen LogP contribution in [0.15, 0.2) is 42.5 Å². The predicted octanol–water partition coefficient (Wildman–Crippen LogP) is 7.61. The molecule has 0 amide bonds. The number of hydrogen-bond donors (Lipinski definition) is 2. The highest BCUT2D eigenvalue weighted by atomic mass is 32.1. The van der Waals surface area contributed by atoms with Gasteiger partial charge in [0.2, 0.25) is 0 Å². The number of benzene rings is 2. The molecule has 0 unspecified atom stereocenters. The van der Waals surface area contributed by atoms with Gasteiger partial charge in [0.1, 0.15) is 0 Å². The first-order chi connectivity index (χ1) is 18.5. The molecule has 0 aliphatic heterocycles. The van der Waals surface area contributed by atoms with Gasteiger partial charge < -0.3 is 20.0 Å². The number of anilines is 1. The maximum Gasteiger partial charge on any atom is 0.416 e. The van der Waals surface area contributed by atoms with E-state index in [9.17, 15) is 36.5 Å². The Morgan fingerprint density at radius 3 is 1.88 bits per heavy atom. The highest BCUT2D eigenvalue weighted by molar-refractivity contribution is 7.80. The quantitative estimate of drug-likeness (QED) is 0.0978. The van der Waals surface area contributed by atoms with Crippen molar-refractivity contribution in [3.63, 3.8) is 0 Å². The Labute approximate surface area is 241 Å². The summed E-state index contributed by atoms with van der Waals surface area (Å²) in [4.78, 5) is 12.5. The summed E-state index contributed by atoms with van der Waals surface area (Å²) < 4.78 is 86.5. The predicted molar refractivity (Wildman–Crippen MR) is 152 cm³/mol. The van der Waals surface area contributed by atoms with Crippen molar-refractivity contribution in [2.45, 2.75) is 63.3 Å². The Kier molecular flexibility index (Phi) is 10.6. The van der Waals surface area contributed by atoms with Gasteiger partial charge in [0, 0.05) is 17.8 Å². The van der Waals surface area contributed by atoms with Crippen LogP contribution in [-0.2, 0) is 16.8 Å². The normalized spacial score (nSPS) is 14.5. The van der Waals surface area contributed by atoms with Crippen LogP contribution in [0.3, 0.4) is 0 Å². The lowest BCUT2D eigenvalue weighted by Crippen LogP contribution is -2.50. The SMILES string of the molecule is CN(C)[C@@H](CO[Si](C)(C)C(C)(C)C)[C@@H](NC(=S)Nc1cc(C(F)(F)F)cc(C(F)(F)F)c1)c1ccc([N+](=O)[O-])cc1. The number of rotatable bonds is 9. The Balaban J connectivity index is 2.47. The van der Waals surface area contributed by atoms with E-state index in [1.54, 1.807) is 14.1 Å². The lowest BCUT2D eigenvalue weighted by molar-refractivity contribution is -0.384. The largest absolute Gasteiger partial charge is 0.416 e. The number of thiocarbonyl (C=S) groups is 1. The van der Waals surface area contributed by atoms with Gasteiger partial charge in [0.15, 0.2) is 13.4 Å². The number of nitro groups is 1. The molecule has 0 aliphatic rings. The van der Waals surface area contributed by atoms with E-state index >= 15 is 0 Å². The second-order valence-electron chi connectivity index (χ2n) is 11.3. The monoisotopic (exact) mass is 624 g/mol. The standard InChI is InChI=1S/C26H34F6N4O3SSi/c1-24(2,3)41(6,7)39-15-21(35(4)5)22(16-8-10-20(11-9-16)36(37)38)34-23(40)33-19-13-17(25(27,28)29)12-18(14-19)26(30,31)32/h8-14,21-22H,15H2,1-7H3,(H2,33,34,40)/t21-,22-/m0/s1. The minimum atomic E-state index is -5.02. The van der Waals surface area contributed by atoms with Crippen molar-refractivity contribution in [1.29, 1.82) is 0 Å². The van der Waals surface area contributed by atoms with Gasteiger partial charge in [-0.25, -0.2) is 0 Å². The van der Waals surface area contributed by atoms with Crippen LogP contribution in [0.25, 0.3) is 0 Å². The van der Waals surface area contributed by atoms with E-state index in [1.807, 2.05) is 4.90 Å². The molecule has 7 nitrogen and oxygen atoms in total. The van der Waals surface area contributed by atoms with Crippen molar-refractivity contribution in [3.8, 4) is 0 Å². The van der Waals surface area contributed by atoms with E-state index in [-0.39, 0.29) is 28.5 Å². The van der Waals surface area contributed by atoms with Crippen LogP contribution in [0.5, 0.6) is 0 Å². The number of nitrogens with one attached hydrogen (secondary N) is 2. The van der Waals surface area contributed by atoms with Crippen LogP contribution in [0.1, 0.15) is 43.5 Å². The maximum atomic E-state index is 13.3. The summed E-state index contributed by atoms with van der Waals surface area (Å²) in [5.41, 5.74) is -3.10. The fourth-order valence-corrected chi connectivity index (χ4v) is 4.86. The molecular weight excluding hydrogens is 590 g/mol. The molecule has 0 saturated heterocycles. The molecular formula is C26H34F6N4O3SSi. The van der Waals surface area contributed by atoms with Crippen molar-refractivity contribution < 1.29 is 35.7 Å². The molecule has 0 aromatic heterocycles. The third-order valence-corrected chi connectivity index (χ3v) is 11.8. The molecule has 2 N–H and O–H groups in total. The summed E-state index contributed by atoms with van der Waals surface area (Å²) in [6.45, 7) is 10.5. The molecule has 0 saturated carbocycles. The van der Waals surface area contributed by atoms with Gasteiger partial charge in [-0.3, -0.25) is 10.1 Å². The highest BCUT2D eigenvalue weighted by Gasteiger charge is 2.39. The first kappa shape index (κ1) is 34.4. The number of nitrogens with zero attached hydrogens (tertiary/aromatic N) is 2. The summed E-state index contributed by atoms with van der Waals surface area (Å²) >= 11 is 5.33. The number of hydrogen-bond acceptors (Lipinski definition) is 5. The van der Waals surface area contributed by atoms with Crippen LogP contribution in [-0.4, -0.2) is 50.0 Å². The molecule has 41 heavy (non-hydrogen) atoms. The molecule has 2 aromatic carbocycles. The second kappa shape index (κ2) is 12.6. The van der Waals surface area contributed by atoms with E-state index in [2.05, 4.69) is 44.5 Å². The Hall–Kier alpha value is -2.75. The summed E-state index contributed by atoms with van der Waals surface area (Å²) in [5, 5.41) is 16.3. The minimum absolute atomic E-state index is 0.0294. The number of halogens is 6. The maximum absolute atomic E-state index is 13.3. The third-order valence-electron chi connectivity index (χ3n) is 7.06. The van der Waals surface area contributed by atoms with E-state index in [4.69, 9.17) is 16.6 Å². The lowest BCUT2D eigenvalue weighted by Gasteiger charge is -2.40. The third kappa shape index (κ3) is 9.38. The van der Waals surface area contributed by atoms with Gasteiger partial charge in [0.05, 0.1) is 34.7 Å². The van der Waals surface area contributed by atoms with Crippen LogP contribution in [0.4, 0.5) is 37.7 Å². The lowest BCUT2D eigenvalue weighted by atomic mass is 9.98. The zero-order valence-electron chi connectivity index (χ0n) is 23.7. The summed E-state index contributed by atoms with van der Waals surface area (Å²) in [6, 6.07) is 5.54. The molecule has 15 heteroatoms. The van der Waals surface area contributed by atoms with Gasteiger partial charge in [-0.2, -0.15) is 26.3 Å². The first-order valence-electron chi connectivity index (χ1n) is 12.4. The molecule has 0 radical (unpaired) electrons. The van der Waals surface area contributed by atoms with Crippen molar-refractivity contribution in [2.75, 3.05) is 26.0 Å².